The number of ether oxygens (including phenoxy) is 2. The molecule has 0 aromatic heterocycles. The third-order valence-electron chi connectivity index (χ3n) is 5.18. The summed E-state index contributed by atoms with van der Waals surface area (Å²) >= 11 is 5.83. The lowest BCUT2D eigenvalue weighted by molar-refractivity contribution is -0.146. The predicted octanol–water partition coefficient (Wildman–Crippen LogP) is 2.25. The minimum Gasteiger partial charge on any atom is -0.482 e. The normalized spacial score (nSPS) is 18.4. The van der Waals surface area contributed by atoms with Gasteiger partial charge in [0.1, 0.15) is 11.8 Å². The van der Waals surface area contributed by atoms with Gasteiger partial charge in [-0.05, 0) is 55.3 Å². The van der Waals surface area contributed by atoms with Crippen LogP contribution in [0.25, 0.3) is 0 Å². The van der Waals surface area contributed by atoms with Crippen LogP contribution in [0.2, 0.25) is 5.02 Å². The number of esters is 1. The number of nitrogens with zero attached hydrogens (tertiary/aromatic N) is 1. The Morgan fingerprint density at radius 2 is 1.94 bits per heavy atom. The maximum absolute atomic E-state index is 12.9. The number of anilines is 1. The van der Waals surface area contributed by atoms with E-state index in [2.05, 4.69) is 5.32 Å². The van der Waals surface area contributed by atoms with Gasteiger partial charge in [0.2, 0.25) is 10.0 Å². The molecular formula is C21H19ClN2O7S. The summed E-state index contributed by atoms with van der Waals surface area (Å²) < 4.78 is 37.4. The van der Waals surface area contributed by atoms with Crippen molar-refractivity contribution in [3.8, 4) is 5.75 Å². The summed E-state index contributed by atoms with van der Waals surface area (Å²) in [5.74, 6) is -1.18. The van der Waals surface area contributed by atoms with Gasteiger partial charge in [-0.15, -0.1) is 0 Å². The van der Waals surface area contributed by atoms with Crippen molar-refractivity contribution >= 4 is 45.0 Å². The molecule has 2 aromatic carbocycles. The number of fused-ring (bicyclic) bond motifs is 1. The molecule has 4 rings (SSSR count). The number of hydrogen-bond donors (Lipinski definition) is 1. The monoisotopic (exact) mass is 478 g/mol. The molecule has 1 amide bonds. The molecule has 0 spiro atoms. The van der Waals surface area contributed by atoms with Gasteiger partial charge < -0.3 is 14.8 Å². The van der Waals surface area contributed by atoms with E-state index < -0.39 is 34.4 Å². The second-order valence-electron chi connectivity index (χ2n) is 7.31. The Hall–Kier alpha value is -2.95. The second kappa shape index (κ2) is 8.89. The Balaban J connectivity index is 1.42. The zero-order valence-corrected chi connectivity index (χ0v) is 18.3. The van der Waals surface area contributed by atoms with Gasteiger partial charge >= 0.3 is 5.97 Å². The molecule has 11 heteroatoms. The van der Waals surface area contributed by atoms with Gasteiger partial charge in [-0.25, -0.2) is 8.42 Å². The molecule has 1 saturated heterocycles. The number of rotatable bonds is 6. The van der Waals surface area contributed by atoms with E-state index in [4.69, 9.17) is 21.1 Å². The van der Waals surface area contributed by atoms with E-state index in [0.29, 0.717) is 29.3 Å². The summed E-state index contributed by atoms with van der Waals surface area (Å²) in [4.78, 5) is 36.6. The summed E-state index contributed by atoms with van der Waals surface area (Å²) in [5.41, 5.74) is 0.578. The lowest BCUT2D eigenvalue weighted by atomic mass is 10.1. The topological polar surface area (TPSA) is 119 Å². The van der Waals surface area contributed by atoms with E-state index in [9.17, 15) is 22.8 Å². The van der Waals surface area contributed by atoms with Gasteiger partial charge in [0, 0.05) is 17.1 Å². The van der Waals surface area contributed by atoms with Crippen molar-refractivity contribution < 1.29 is 32.3 Å². The number of ketones is 1. The van der Waals surface area contributed by atoms with E-state index in [1.165, 1.54) is 36.4 Å². The summed E-state index contributed by atoms with van der Waals surface area (Å²) in [5, 5.41) is 3.00. The first-order valence-electron chi connectivity index (χ1n) is 9.79. The quantitative estimate of drug-likeness (QED) is 0.499. The van der Waals surface area contributed by atoms with Crippen LogP contribution in [0.15, 0.2) is 47.4 Å². The molecule has 0 aliphatic carbocycles. The highest BCUT2D eigenvalue weighted by molar-refractivity contribution is 7.89. The average Bonchev–Trinajstić information content (AvgIpc) is 3.28. The van der Waals surface area contributed by atoms with Gasteiger partial charge in [0.25, 0.3) is 5.91 Å². The van der Waals surface area contributed by atoms with Crippen molar-refractivity contribution in [3.05, 3.63) is 53.1 Å². The molecule has 2 aliphatic rings. The fourth-order valence-electron chi connectivity index (χ4n) is 3.58. The number of nitrogens with one attached hydrogen (secondary N) is 1. The summed E-state index contributed by atoms with van der Waals surface area (Å²) in [6, 6.07) is 9.14. The number of Topliss-reactive ketones (excluding diaryl/α,β-unsaturated/α-hetero) is 1. The van der Waals surface area contributed by atoms with Gasteiger partial charge in [-0.3, -0.25) is 14.4 Å². The van der Waals surface area contributed by atoms with Gasteiger partial charge in [0.15, 0.2) is 19.0 Å². The summed E-state index contributed by atoms with van der Waals surface area (Å²) in [7, 11) is -3.92. The van der Waals surface area contributed by atoms with Crippen molar-refractivity contribution in [3.63, 3.8) is 0 Å². The zero-order valence-electron chi connectivity index (χ0n) is 16.7. The Morgan fingerprint density at radius 3 is 2.69 bits per heavy atom. The van der Waals surface area contributed by atoms with Crippen LogP contribution < -0.4 is 10.1 Å². The molecule has 2 heterocycles. The first-order chi connectivity index (χ1) is 15.3. The van der Waals surface area contributed by atoms with E-state index in [1.54, 1.807) is 6.07 Å². The van der Waals surface area contributed by atoms with Crippen LogP contribution in [-0.4, -0.2) is 56.2 Å². The van der Waals surface area contributed by atoms with Crippen LogP contribution >= 0.6 is 11.6 Å². The van der Waals surface area contributed by atoms with Crippen LogP contribution in [0.3, 0.4) is 0 Å². The number of benzene rings is 2. The number of hydrogen-bond acceptors (Lipinski definition) is 7. The van der Waals surface area contributed by atoms with Crippen LogP contribution in [-0.2, 0) is 24.3 Å². The number of sulfonamides is 1. The highest BCUT2D eigenvalue weighted by Crippen LogP contribution is 2.29. The summed E-state index contributed by atoms with van der Waals surface area (Å²) in [6.45, 7) is -0.490. The molecule has 0 radical (unpaired) electrons. The molecule has 0 saturated carbocycles. The Labute approximate surface area is 189 Å². The van der Waals surface area contributed by atoms with Crippen molar-refractivity contribution in [2.75, 3.05) is 25.1 Å². The molecule has 1 N–H and O–H groups in total. The van der Waals surface area contributed by atoms with Crippen LogP contribution in [0.4, 0.5) is 5.69 Å². The number of carbonyl (C=O) groups is 3. The molecule has 2 aliphatic heterocycles. The first-order valence-corrected chi connectivity index (χ1v) is 11.6. The van der Waals surface area contributed by atoms with Crippen molar-refractivity contribution in [1.29, 1.82) is 0 Å². The highest BCUT2D eigenvalue weighted by atomic mass is 35.5. The van der Waals surface area contributed by atoms with Gasteiger partial charge in [-0.2, -0.15) is 4.31 Å². The fourth-order valence-corrected chi connectivity index (χ4v) is 5.35. The van der Waals surface area contributed by atoms with Crippen LogP contribution in [0.1, 0.15) is 23.2 Å². The van der Waals surface area contributed by atoms with Crippen molar-refractivity contribution in [1.82, 2.24) is 4.31 Å². The minimum absolute atomic E-state index is 0.0241. The van der Waals surface area contributed by atoms with Crippen molar-refractivity contribution in [2.24, 2.45) is 0 Å². The zero-order chi connectivity index (χ0) is 22.9. The number of halogens is 1. The molecule has 0 unspecified atom stereocenters. The van der Waals surface area contributed by atoms with Gasteiger partial charge in [-0.1, -0.05) is 11.6 Å². The van der Waals surface area contributed by atoms with Crippen molar-refractivity contribution in [2.45, 2.75) is 23.8 Å². The molecule has 1 atom stereocenters. The standard InChI is InChI=1S/C21H19ClN2O7S/c22-14-4-6-15(7-5-14)32(28,29)24-9-1-2-17(24)21(27)31-11-18(25)13-3-8-19-16(10-13)23-20(26)12-30-19/h3-8,10,17H,1-2,9,11-12H2,(H,23,26)/t17-/m0/s1. The maximum Gasteiger partial charge on any atom is 0.324 e. The SMILES string of the molecule is O=C1COc2ccc(C(=O)COC(=O)[C@@H]3CCCN3S(=O)(=O)c3ccc(Cl)cc3)cc2N1. The predicted molar refractivity (Wildman–Crippen MR) is 114 cm³/mol. The molecule has 32 heavy (non-hydrogen) atoms. The molecule has 168 valence electrons. The molecule has 9 nitrogen and oxygen atoms in total. The lowest BCUT2D eigenvalue weighted by Crippen LogP contribution is -2.41. The van der Waals surface area contributed by atoms with Gasteiger partial charge in [0.05, 0.1) is 10.6 Å². The Morgan fingerprint density at radius 1 is 1.19 bits per heavy atom. The van der Waals surface area contributed by atoms with Crippen LogP contribution in [0, 0.1) is 0 Å². The van der Waals surface area contributed by atoms with Crippen LogP contribution in [0.5, 0.6) is 5.75 Å². The second-order valence-corrected chi connectivity index (χ2v) is 9.63. The number of carbonyl (C=O) groups excluding carboxylic acids is 3. The molecule has 1 fully saturated rings. The highest BCUT2D eigenvalue weighted by Gasteiger charge is 2.40. The minimum atomic E-state index is -3.92. The average molecular weight is 479 g/mol. The molecule has 2 aromatic rings. The third kappa shape index (κ3) is 4.47. The largest absolute Gasteiger partial charge is 0.482 e. The van der Waals surface area contributed by atoms with E-state index >= 15 is 0 Å². The third-order valence-corrected chi connectivity index (χ3v) is 7.35. The fraction of sp³-hybridized carbons (Fsp3) is 0.286. The Bertz CT molecular complexity index is 1180. The summed E-state index contributed by atoms with van der Waals surface area (Å²) in [6.07, 6.45) is 0.785. The van der Waals surface area contributed by atoms with E-state index in [0.717, 1.165) is 4.31 Å². The first kappa shape index (κ1) is 22.3. The molecular weight excluding hydrogens is 460 g/mol. The van der Waals surface area contributed by atoms with E-state index in [-0.39, 0.29) is 29.5 Å². The number of amides is 1. The smallest absolute Gasteiger partial charge is 0.324 e. The Kier molecular flexibility index (Phi) is 6.18. The lowest BCUT2D eigenvalue weighted by Gasteiger charge is -2.22. The van der Waals surface area contributed by atoms with E-state index in [1.807, 2.05) is 0 Å². The molecule has 0 bridgehead atoms. The maximum atomic E-state index is 12.9.